The van der Waals surface area contributed by atoms with Gasteiger partial charge >= 0.3 is 0 Å². The maximum absolute atomic E-state index is 4.09. The smallest absolute Gasteiger partial charge is 0.140 e. The summed E-state index contributed by atoms with van der Waals surface area (Å²) in [7, 11) is 0. The van der Waals surface area contributed by atoms with Gasteiger partial charge in [0.1, 0.15) is 4.83 Å². The highest BCUT2D eigenvalue weighted by atomic mass is 32.1. The average Bonchev–Trinajstić information content (AvgIpc) is 2.79. The van der Waals surface area contributed by atoms with Gasteiger partial charge in [0.2, 0.25) is 0 Å². The number of hydrogen-bond acceptors (Lipinski definition) is 3. The van der Waals surface area contributed by atoms with Gasteiger partial charge in [-0.2, -0.15) is 0 Å². The predicted molar refractivity (Wildman–Crippen MR) is 62.4 cm³/mol. The number of fused-ring (bicyclic) bond motifs is 3. The van der Waals surface area contributed by atoms with Crippen molar-refractivity contribution in [1.29, 1.82) is 0 Å². The molecule has 2 heterocycles. The molecule has 0 unspecified atom stereocenters. The maximum atomic E-state index is 4.09. The first-order chi connectivity index (χ1) is 7.40. The Kier molecular flexibility index (Phi) is 1.95. The molecule has 3 nitrogen and oxygen atoms in total. The molecule has 0 radical (unpaired) electrons. The van der Waals surface area contributed by atoms with E-state index in [1.165, 1.54) is 22.2 Å². The normalized spacial score (nSPS) is 11.5. The molecule has 3 rings (SSSR count). The predicted octanol–water partition coefficient (Wildman–Crippen LogP) is 2.90. The van der Waals surface area contributed by atoms with Crippen molar-refractivity contribution in [2.45, 2.75) is 19.8 Å². The largest absolute Gasteiger partial charge is 0.202 e. The Labute approximate surface area is 91.3 Å². The van der Waals surface area contributed by atoms with E-state index in [0.29, 0.717) is 0 Å². The summed E-state index contributed by atoms with van der Waals surface area (Å²) in [6.07, 6.45) is 4.13. The minimum atomic E-state index is 1.12. The topological polar surface area (TPSA) is 30.2 Å². The van der Waals surface area contributed by atoms with Crippen LogP contribution in [0.1, 0.15) is 18.9 Å². The van der Waals surface area contributed by atoms with Gasteiger partial charge in [0, 0.05) is 0 Å². The van der Waals surface area contributed by atoms with Crippen molar-refractivity contribution in [1.82, 2.24) is 14.8 Å². The van der Waals surface area contributed by atoms with E-state index in [4.69, 9.17) is 0 Å². The van der Waals surface area contributed by atoms with Crippen molar-refractivity contribution >= 4 is 26.4 Å². The second-order valence-electron chi connectivity index (χ2n) is 3.60. The molecule has 4 heteroatoms. The van der Waals surface area contributed by atoms with Gasteiger partial charge in [-0.25, -0.2) is 4.52 Å². The van der Waals surface area contributed by atoms with Crippen LogP contribution in [-0.4, -0.2) is 14.8 Å². The van der Waals surface area contributed by atoms with Gasteiger partial charge in [-0.15, -0.1) is 16.4 Å². The van der Waals surface area contributed by atoms with Crippen LogP contribution < -0.4 is 0 Å². The molecule has 2 aromatic heterocycles. The molecule has 15 heavy (non-hydrogen) atoms. The summed E-state index contributed by atoms with van der Waals surface area (Å²) in [5, 5.41) is 8.00. The molecule has 0 aliphatic rings. The lowest BCUT2D eigenvalue weighted by Crippen LogP contribution is -1.86. The molecule has 3 aromatic rings. The first kappa shape index (κ1) is 8.85. The van der Waals surface area contributed by atoms with Gasteiger partial charge in [0.25, 0.3) is 0 Å². The van der Waals surface area contributed by atoms with Gasteiger partial charge in [0.15, 0.2) is 0 Å². The Balaban J connectivity index is 2.38. The molecule has 0 aliphatic carbocycles. The Morgan fingerprint density at radius 2 is 2.33 bits per heavy atom. The molecule has 1 aromatic carbocycles. The monoisotopic (exact) mass is 217 g/mol. The zero-order chi connectivity index (χ0) is 10.3. The number of aryl methyl sites for hydroxylation is 1. The summed E-state index contributed by atoms with van der Waals surface area (Å²) in [5.74, 6) is 0. The van der Waals surface area contributed by atoms with E-state index in [1.54, 1.807) is 11.3 Å². The molecule has 0 saturated carbocycles. The lowest BCUT2D eigenvalue weighted by molar-refractivity contribution is 0.885. The summed E-state index contributed by atoms with van der Waals surface area (Å²) in [4.78, 5) is 1.12. The Hall–Kier alpha value is -1.42. The van der Waals surface area contributed by atoms with Crippen molar-refractivity contribution in [3.05, 3.63) is 30.0 Å². The first-order valence-corrected chi connectivity index (χ1v) is 5.92. The maximum Gasteiger partial charge on any atom is 0.140 e. The Morgan fingerprint density at radius 3 is 3.20 bits per heavy atom. The Bertz CT molecular complexity index is 608. The van der Waals surface area contributed by atoms with Crippen LogP contribution in [0.5, 0.6) is 0 Å². The third-order valence-electron chi connectivity index (χ3n) is 2.55. The van der Waals surface area contributed by atoms with Crippen LogP contribution in [0.15, 0.2) is 24.4 Å². The van der Waals surface area contributed by atoms with Gasteiger partial charge < -0.3 is 0 Å². The molecule has 0 amide bonds. The van der Waals surface area contributed by atoms with Gasteiger partial charge in [-0.05, 0) is 18.1 Å². The van der Waals surface area contributed by atoms with Crippen molar-refractivity contribution in [2.24, 2.45) is 0 Å². The highest BCUT2D eigenvalue weighted by molar-refractivity contribution is 7.24. The Morgan fingerprint density at radius 1 is 1.40 bits per heavy atom. The summed E-state index contributed by atoms with van der Waals surface area (Å²) >= 11 is 1.77. The summed E-state index contributed by atoms with van der Waals surface area (Å²) in [6.45, 7) is 2.21. The van der Waals surface area contributed by atoms with Crippen molar-refractivity contribution in [3.63, 3.8) is 0 Å². The van der Waals surface area contributed by atoms with Crippen LogP contribution >= 0.6 is 11.3 Å². The fourth-order valence-corrected chi connectivity index (χ4v) is 2.98. The standard InChI is InChI=1S/C11H11N3S/c1-2-4-8-5-3-6-9-11(8)15-10-7-12-13-14(9)10/h3,5-7H,2,4H2,1H3. The second-order valence-corrected chi connectivity index (χ2v) is 4.63. The zero-order valence-corrected chi connectivity index (χ0v) is 9.29. The molecule has 0 N–H and O–H groups in total. The fourth-order valence-electron chi connectivity index (χ4n) is 1.89. The number of benzene rings is 1. The van der Waals surface area contributed by atoms with E-state index in [0.717, 1.165) is 11.3 Å². The third-order valence-corrected chi connectivity index (χ3v) is 3.71. The molecule has 0 fully saturated rings. The molecule has 76 valence electrons. The van der Waals surface area contributed by atoms with Crippen molar-refractivity contribution in [2.75, 3.05) is 0 Å². The lowest BCUT2D eigenvalue weighted by atomic mass is 10.1. The van der Waals surface area contributed by atoms with E-state index in [1.807, 2.05) is 10.7 Å². The first-order valence-electron chi connectivity index (χ1n) is 5.11. The van der Waals surface area contributed by atoms with Gasteiger partial charge in [-0.1, -0.05) is 30.7 Å². The highest BCUT2D eigenvalue weighted by Crippen LogP contribution is 2.28. The van der Waals surface area contributed by atoms with Gasteiger partial charge in [-0.3, -0.25) is 0 Å². The van der Waals surface area contributed by atoms with E-state index < -0.39 is 0 Å². The second kappa shape index (κ2) is 3.31. The van der Waals surface area contributed by atoms with Crippen LogP contribution in [0.3, 0.4) is 0 Å². The minimum Gasteiger partial charge on any atom is -0.202 e. The SMILES string of the molecule is CCCc1cccc2c1sc1cnnn12. The average molecular weight is 217 g/mol. The van der Waals surface area contributed by atoms with Crippen LogP contribution in [0, 0.1) is 0 Å². The van der Waals surface area contributed by atoms with E-state index >= 15 is 0 Å². The third kappa shape index (κ3) is 1.25. The van der Waals surface area contributed by atoms with Gasteiger partial charge in [0.05, 0.1) is 16.4 Å². The van der Waals surface area contributed by atoms with Crippen LogP contribution in [0.4, 0.5) is 0 Å². The van der Waals surface area contributed by atoms with E-state index in [-0.39, 0.29) is 0 Å². The van der Waals surface area contributed by atoms with Crippen molar-refractivity contribution < 1.29 is 0 Å². The zero-order valence-electron chi connectivity index (χ0n) is 8.47. The summed E-state index contributed by atoms with van der Waals surface area (Å²) in [6, 6.07) is 6.41. The highest BCUT2D eigenvalue weighted by Gasteiger charge is 2.08. The number of hydrogen-bond donors (Lipinski definition) is 0. The van der Waals surface area contributed by atoms with Crippen LogP contribution in [0.2, 0.25) is 0 Å². The lowest BCUT2D eigenvalue weighted by Gasteiger charge is -1.99. The molecular weight excluding hydrogens is 206 g/mol. The fraction of sp³-hybridized carbons (Fsp3) is 0.273. The summed E-state index contributed by atoms with van der Waals surface area (Å²) in [5.41, 5.74) is 2.60. The summed E-state index contributed by atoms with van der Waals surface area (Å²) < 4.78 is 3.27. The quantitative estimate of drug-likeness (QED) is 0.660. The number of nitrogens with zero attached hydrogens (tertiary/aromatic N) is 3. The minimum absolute atomic E-state index is 1.12. The van der Waals surface area contributed by atoms with E-state index in [2.05, 4.69) is 35.4 Å². The van der Waals surface area contributed by atoms with Crippen LogP contribution in [0.25, 0.3) is 15.0 Å². The molecule has 0 atom stereocenters. The molecule has 0 saturated heterocycles. The number of aromatic nitrogens is 3. The number of thiazole rings is 1. The number of rotatable bonds is 2. The molecule has 0 spiro atoms. The molecule has 0 bridgehead atoms. The van der Waals surface area contributed by atoms with Crippen molar-refractivity contribution in [3.8, 4) is 0 Å². The van der Waals surface area contributed by atoms with Crippen LogP contribution in [-0.2, 0) is 6.42 Å². The molecule has 0 aliphatic heterocycles. The van der Waals surface area contributed by atoms with E-state index in [9.17, 15) is 0 Å². The molecular formula is C11H11N3S.